The van der Waals surface area contributed by atoms with Crippen LogP contribution in [0.3, 0.4) is 0 Å². The van der Waals surface area contributed by atoms with Crippen molar-refractivity contribution >= 4 is 11.7 Å². The Kier molecular flexibility index (Phi) is 3.74. The molecule has 0 radical (unpaired) electrons. The third kappa shape index (κ3) is 2.75. The van der Waals surface area contributed by atoms with Gasteiger partial charge < -0.3 is 15.5 Å². The van der Waals surface area contributed by atoms with E-state index < -0.39 is 0 Å². The number of anilines is 1. The van der Waals surface area contributed by atoms with E-state index in [-0.39, 0.29) is 6.03 Å². The normalized spacial score (nSPS) is 15.3. The lowest BCUT2D eigenvalue weighted by molar-refractivity contribution is 0.219. The van der Waals surface area contributed by atoms with Gasteiger partial charge in [-0.3, -0.25) is 4.68 Å². The molecule has 1 aliphatic rings. The van der Waals surface area contributed by atoms with Gasteiger partial charge in [0, 0.05) is 39.4 Å². The van der Waals surface area contributed by atoms with E-state index in [0.717, 1.165) is 37.6 Å². The van der Waals surface area contributed by atoms with Gasteiger partial charge in [0.25, 0.3) is 0 Å². The van der Waals surface area contributed by atoms with Crippen LogP contribution in [0.15, 0.2) is 6.20 Å². The predicted octanol–water partition coefficient (Wildman–Crippen LogP) is 0.981. The molecule has 2 heterocycles. The first-order valence-corrected chi connectivity index (χ1v) is 6.38. The molecule has 0 saturated carbocycles. The van der Waals surface area contributed by atoms with Crippen LogP contribution in [0.5, 0.6) is 0 Å². The number of aryl methyl sites for hydroxylation is 1. The van der Waals surface area contributed by atoms with E-state index >= 15 is 0 Å². The average molecular weight is 251 g/mol. The van der Waals surface area contributed by atoms with Crippen LogP contribution in [0.1, 0.15) is 25.5 Å². The summed E-state index contributed by atoms with van der Waals surface area (Å²) in [6, 6.07) is 0.0343. The minimum atomic E-state index is 0.0343. The quantitative estimate of drug-likeness (QED) is 0.820. The molecule has 100 valence electrons. The maximum absolute atomic E-state index is 11.4. The summed E-state index contributed by atoms with van der Waals surface area (Å²) < 4.78 is 1.82. The number of amides is 2. The first-order chi connectivity index (χ1) is 8.58. The molecule has 1 fully saturated rings. The lowest BCUT2D eigenvalue weighted by atomic mass is 10.1. The highest BCUT2D eigenvalue weighted by Crippen LogP contribution is 2.21. The fourth-order valence-corrected chi connectivity index (χ4v) is 2.12. The van der Waals surface area contributed by atoms with Crippen molar-refractivity contribution in [1.29, 1.82) is 0 Å². The van der Waals surface area contributed by atoms with Crippen molar-refractivity contribution in [1.82, 2.24) is 20.0 Å². The van der Waals surface area contributed by atoms with E-state index in [0.29, 0.717) is 5.92 Å². The summed E-state index contributed by atoms with van der Waals surface area (Å²) in [5, 5.41) is 10.6. The summed E-state index contributed by atoms with van der Waals surface area (Å²) >= 11 is 0. The van der Waals surface area contributed by atoms with Crippen molar-refractivity contribution in [2.24, 2.45) is 7.05 Å². The van der Waals surface area contributed by atoms with Gasteiger partial charge in [-0.2, -0.15) is 5.10 Å². The van der Waals surface area contributed by atoms with Gasteiger partial charge in [0.2, 0.25) is 0 Å². The Bertz CT molecular complexity index is 426. The minimum absolute atomic E-state index is 0.0343. The molecule has 1 aromatic rings. The second-order valence-electron chi connectivity index (χ2n) is 4.90. The first kappa shape index (κ1) is 12.7. The lowest BCUT2D eigenvalue weighted by Gasteiger charge is -2.15. The fraction of sp³-hybridized carbons (Fsp3) is 0.667. The van der Waals surface area contributed by atoms with Gasteiger partial charge >= 0.3 is 6.03 Å². The van der Waals surface area contributed by atoms with E-state index in [1.54, 1.807) is 0 Å². The zero-order chi connectivity index (χ0) is 13.1. The number of nitrogens with zero attached hydrogens (tertiary/aromatic N) is 3. The number of urea groups is 1. The summed E-state index contributed by atoms with van der Waals surface area (Å²) in [4.78, 5) is 13.2. The number of hydrogen-bond acceptors (Lipinski definition) is 3. The molecule has 0 spiro atoms. The molecule has 1 aliphatic heterocycles. The van der Waals surface area contributed by atoms with Crippen LogP contribution >= 0.6 is 0 Å². The Labute approximate surface area is 107 Å². The largest absolute Gasteiger partial charge is 0.380 e. The monoisotopic (exact) mass is 251 g/mol. The first-order valence-electron chi connectivity index (χ1n) is 6.38. The molecule has 18 heavy (non-hydrogen) atoms. The number of rotatable bonds is 5. The van der Waals surface area contributed by atoms with Crippen molar-refractivity contribution in [3.05, 3.63) is 11.9 Å². The number of carbonyl (C=O) groups excluding carboxylic acids is 1. The van der Waals surface area contributed by atoms with E-state index in [2.05, 4.69) is 29.6 Å². The minimum Gasteiger partial charge on any atom is -0.380 e. The SMILES string of the molecule is CC(C)c1nn(C)cc1NCCN1CCNC1=O. The standard InChI is InChI=1S/C12H21N5O/c1-9(2)11-10(8-16(3)15-11)13-4-6-17-7-5-14-12(17)18/h8-9,13H,4-7H2,1-3H3,(H,14,18). The van der Waals surface area contributed by atoms with Gasteiger partial charge in [-0.25, -0.2) is 4.79 Å². The summed E-state index contributed by atoms with van der Waals surface area (Å²) in [6.07, 6.45) is 1.99. The summed E-state index contributed by atoms with van der Waals surface area (Å²) in [7, 11) is 1.92. The molecule has 2 amide bonds. The van der Waals surface area contributed by atoms with E-state index in [1.807, 2.05) is 22.8 Å². The molecule has 1 aromatic heterocycles. The van der Waals surface area contributed by atoms with Crippen LogP contribution in [0.2, 0.25) is 0 Å². The molecule has 0 atom stereocenters. The van der Waals surface area contributed by atoms with Crippen molar-refractivity contribution in [3.8, 4) is 0 Å². The topological polar surface area (TPSA) is 62.2 Å². The number of aromatic nitrogens is 2. The Morgan fingerprint density at radius 3 is 2.94 bits per heavy atom. The van der Waals surface area contributed by atoms with Crippen LogP contribution in [0.4, 0.5) is 10.5 Å². The van der Waals surface area contributed by atoms with Crippen LogP contribution in [-0.4, -0.2) is 46.9 Å². The Balaban J connectivity index is 1.88. The second-order valence-corrected chi connectivity index (χ2v) is 4.90. The highest BCUT2D eigenvalue weighted by Gasteiger charge is 2.18. The van der Waals surface area contributed by atoms with E-state index in [9.17, 15) is 4.79 Å². The van der Waals surface area contributed by atoms with Gasteiger partial charge in [0.15, 0.2) is 0 Å². The third-order valence-corrected chi connectivity index (χ3v) is 3.05. The zero-order valence-electron chi connectivity index (χ0n) is 11.2. The number of hydrogen-bond donors (Lipinski definition) is 2. The Morgan fingerprint density at radius 2 is 2.33 bits per heavy atom. The van der Waals surface area contributed by atoms with Gasteiger partial charge in [-0.05, 0) is 5.92 Å². The molecule has 0 unspecified atom stereocenters. The molecule has 6 nitrogen and oxygen atoms in total. The summed E-state index contributed by atoms with van der Waals surface area (Å²) in [5.41, 5.74) is 2.13. The lowest BCUT2D eigenvalue weighted by Crippen LogP contribution is -2.32. The van der Waals surface area contributed by atoms with Crippen molar-refractivity contribution in [2.45, 2.75) is 19.8 Å². The Morgan fingerprint density at radius 1 is 1.56 bits per heavy atom. The third-order valence-electron chi connectivity index (χ3n) is 3.05. The van der Waals surface area contributed by atoms with Crippen LogP contribution in [-0.2, 0) is 7.05 Å². The Hall–Kier alpha value is -1.72. The van der Waals surface area contributed by atoms with E-state index in [4.69, 9.17) is 0 Å². The van der Waals surface area contributed by atoms with Crippen molar-refractivity contribution < 1.29 is 4.79 Å². The molecule has 2 rings (SSSR count). The molecular weight excluding hydrogens is 230 g/mol. The average Bonchev–Trinajstić information content (AvgIpc) is 2.86. The molecule has 0 aliphatic carbocycles. The van der Waals surface area contributed by atoms with Crippen molar-refractivity contribution in [2.75, 3.05) is 31.5 Å². The molecular formula is C12H21N5O. The zero-order valence-corrected chi connectivity index (χ0v) is 11.2. The highest BCUT2D eigenvalue weighted by molar-refractivity contribution is 5.76. The number of carbonyl (C=O) groups is 1. The van der Waals surface area contributed by atoms with Gasteiger partial charge in [0.05, 0.1) is 11.4 Å². The summed E-state index contributed by atoms with van der Waals surface area (Å²) in [5.74, 6) is 0.392. The van der Waals surface area contributed by atoms with Crippen LogP contribution in [0.25, 0.3) is 0 Å². The molecule has 6 heteroatoms. The van der Waals surface area contributed by atoms with Gasteiger partial charge in [-0.15, -0.1) is 0 Å². The molecule has 0 aromatic carbocycles. The van der Waals surface area contributed by atoms with E-state index in [1.165, 1.54) is 0 Å². The van der Waals surface area contributed by atoms with Crippen molar-refractivity contribution in [3.63, 3.8) is 0 Å². The maximum atomic E-state index is 11.4. The maximum Gasteiger partial charge on any atom is 0.317 e. The van der Waals surface area contributed by atoms with Crippen LogP contribution < -0.4 is 10.6 Å². The highest BCUT2D eigenvalue weighted by atomic mass is 16.2. The smallest absolute Gasteiger partial charge is 0.317 e. The fourth-order valence-electron chi connectivity index (χ4n) is 2.12. The molecule has 0 bridgehead atoms. The molecule has 2 N–H and O–H groups in total. The second kappa shape index (κ2) is 5.29. The van der Waals surface area contributed by atoms with Crippen LogP contribution in [0, 0.1) is 0 Å². The van der Waals surface area contributed by atoms with Gasteiger partial charge in [0.1, 0.15) is 0 Å². The molecule has 1 saturated heterocycles. The summed E-state index contributed by atoms with van der Waals surface area (Å²) in [6.45, 7) is 7.27. The number of nitrogens with one attached hydrogen (secondary N) is 2. The van der Waals surface area contributed by atoms with Gasteiger partial charge in [-0.1, -0.05) is 13.8 Å². The predicted molar refractivity (Wildman–Crippen MR) is 70.8 cm³/mol.